The monoisotopic (exact) mass is 168 g/mol. The molecule has 2 rings (SSSR count). The van der Waals surface area contributed by atoms with Crippen molar-refractivity contribution in [3.63, 3.8) is 0 Å². The molecule has 2 saturated carbocycles. The normalized spacial score (nSPS) is 40.8. The van der Waals surface area contributed by atoms with Gasteiger partial charge in [-0.2, -0.15) is 0 Å². The lowest BCUT2D eigenvalue weighted by atomic mass is 9.68. The first-order chi connectivity index (χ1) is 5.75. The first kappa shape index (κ1) is 8.09. The minimum absolute atomic E-state index is 0.0194. The van der Waals surface area contributed by atoms with E-state index < -0.39 is 5.97 Å². The molecule has 0 aromatic heterocycles. The van der Waals surface area contributed by atoms with Crippen molar-refractivity contribution in [1.29, 1.82) is 0 Å². The van der Waals surface area contributed by atoms with Crippen LogP contribution in [0.15, 0.2) is 0 Å². The third-order valence-corrected chi connectivity index (χ3v) is 3.48. The van der Waals surface area contributed by atoms with Gasteiger partial charge in [-0.3, -0.25) is 4.79 Å². The van der Waals surface area contributed by atoms with Gasteiger partial charge in [-0.15, -0.1) is 0 Å². The number of carbonyl (C=O) groups is 1. The standard InChI is InChI=1S/C10H16O2/c11-10(12)9-5-7-2-1-3-8(4-7)6-9/h7-9H,1-6H2,(H,11,12)/t7-,8-/m1/s1. The number of hydrogen-bond acceptors (Lipinski definition) is 1. The molecular weight excluding hydrogens is 152 g/mol. The highest BCUT2D eigenvalue weighted by molar-refractivity contribution is 5.70. The van der Waals surface area contributed by atoms with E-state index in [-0.39, 0.29) is 5.92 Å². The van der Waals surface area contributed by atoms with Crippen LogP contribution in [-0.2, 0) is 4.79 Å². The van der Waals surface area contributed by atoms with Crippen LogP contribution in [0.2, 0.25) is 0 Å². The van der Waals surface area contributed by atoms with Crippen molar-refractivity contribution in [2.24, 2.45) is 17.8 Å². The lowest BCUT2D eigenvalue weighted by Crippen LogP contribution is -2.30. The van der Waals surface area contributed by atoms with Crippen molar-refractivity contribution >= 4 is 5.97 Å². The molecular formula is C10H16O2. The lowest BCUT2D eigenvalue weighted by Gasteiger charge is -2.37. The Hall–Kier alpha value is -0.530. The summed E-state index contributed by atoms with van der Waals surface area (Å²) in [6.45, 7) is 0. The van der Waals surface area contributed by atoms with Gasteiger partial charge in [0.2, 0.25) is 0 Å². The predicted molar refractivity (Wildman–Crippen MR) is 45.8 cm³/mol. The second kappa shape index (κ2) is 3.08. The zero-order valence-corrected chi connectivity index (χ0v) is 7.33. The maximum absolute atomic E-state index is 10.8. The van der Waals surface area contributed by atoms with Crippen molar-refractivity contribution in [2.45, 2.75) is 38.5 Å². The molecule has 0 spiro atoms. The van der Waals surface area contributed by atoms with E-state index >= 15 is 0 Å². The number of carboxylic acids is 1. The van der Waals surface area contributed by atoms with E-state index in [4.69, 9.17) is 5.11 Å². The van der Waals surface area contributed by atoms with E-state index in [1.807, 2.05) is 0 Å². The number of fused-ring (bicyclic) bond motifs is 2. The molecule has 1 N–H and O–H groups in total. The van der Waals surface area contributed by atoms with Gasteiger partial charge in [0.25, 0.3) is 0 Å². The van der Waals surface area contributed by atoms with E-state index in [1.165, 1.54) is 25.7 Å². The Morgan fingerprint density at radius 1 is 1.08 bits per heavy atom. The van der Waals surface area contributed by atoms with Gasteiger partial charge in [0, 0.05) is 0 Å². The van der Waals surface area contributed by atoms with Crippen molar-refractivity contribution in [2.75, 3.05) is 0 Å². The molecule has 2 atom stereocenters. The zero-order valence-electron chi connectivity index (χ0n) is 7.33. The highest BCUT2D eigenvalue weighted by Crippen LogP contribution is 2.42. The molecule has 2 fully saturated rings. The van der Waals surface area contributed by atoms with Gasteiger partial charge in [-0.1, -0.05) is 19.3 Å². The summed E-state index contributed by atoms with van der Waals surface area (Å²) < 4.78 is 0. The van der Waals surface area contributed by atoms with Gasteiger partial charge >= 0.3 is 5.97 Å². The van der Waals surface area contributed by atoms with Crippen LogP contribution in [-0.4, -0.2) is 11.1 Å². The Morgan fingerprint density at radius 2 is 1.67 bits per heavy atom. The van der Waals surface area contributed by atoms with Gasteiger partial charge < -0.3 is 5.11 Å². The third-order valence-electron chi connectivity index (χ3n) is 3.48. The third kappa shape index (κ3) is 1.47. The SMILES string of the molecule is O=C(O)C1C[C@@H]2CCC[C@@H](C1)C2. The Bertz CT molecular complexity index is 176. The topological polar surface area (TPSA) is 37.3 Å². The van der Waals surface area contributed by atoms with Crippen LogP contribution < -0.4 is 0 Å². The number of rotatable bonds is 1. The van der Waals surface area contributed by atoms with E-state index in [9.17, 15) is 4.79 Å². The van der Waals surface area contributed by atoms with Gasteiger partial charge in [0.05, 0.1) is 5.92 Å². The molecule has 0 aromatic rings. The molecule has 0 amide bonds. The molecule has 68 valence electrons. The minimum Gasteiger partial charge on any atom is -0.481 e. The predicted octanol–water partition coefficient (Wildman–Crippen LogP) is 2.29. The summed E-state index contributed by atoms with van der Waals surface area (Å²) in [5.41, 5.74) is 0. The molecule has 2 aliphatic rings. The quantitative estimate of drug-likeness (QED) is 0.652. The molecule has 0 aliphatic heterocycles. The van der Waals surface area contributed by atoms with Gasteiger partial charge in [-0.25, -0.2) is 0 Å². The molecule has 0 aromatic carbocycles. The smallest absolute Gasteiger partial charge is 0.306 e. The van der Waals surface area contributed by atoms with E-state index in [0.29, 0.717) is 0 Å². The maximum atomic E-state index is 10.8. The van der Waals surface area contributed by atoms with Crippen LogP contribution in [0.5, 0.6) is 0 Å². The zero-order chi connectivity index (χ0) is 8.55. The van der Waals surface area contributed by atoms with Crippen LogP contribution in [0, 0.1) is 17.8 Å². The van der Waals surface area contributed by atoms with Gasteiger partial charge in [0.15, 0.2) is 0 Å². The largest absolute Gasteiger partial charge is 0.481 e. The summed E-state index contributed by atoms with van der Waals surface area (Å²) in [5.74, 6) is 0.887. The molecule has 0 radical (unpaired) electrons. The van der Waals surface area contributed by atoms with Gasteiger partial charge in [-0.05, 0) is 31.1 Å². The second-order valence-electron chi connectivity index (χ2n) is 4.41. The summed E-state index contributed by atoms with van der Waals surface area (Å²) in [5, 5.41) is 8.89. The summed E-state index contributed by atoms with van der Waals surface area (Å²) in [4.78, 5) is 10.8. The van der Waals surface area contributed by atoms with Crippen LogP contribution in [0.3, 0.4) is 0 Å². The van der Waals surface area contributed by atoms with Crippen LogP contribution in [0.25, 0.3) is 0 Å². The molecule has 2 bridgehead atoms. The lowest BCUT2D eigenvalue weighted by molar-refractivity contribution is -0.144. The summed E-state index contributed by atoms with van der Waals surface area (Å²) in [6.07, 6.45) is 7.10. The van der Waals surface area contributed by atoms with E-state index in [2.05, 4.69) is 0 Å². The van der Waals surface area contributed by atoms with Crippen LogP contribution >= 0.6 is 0 Å². The van der Waals surface area contributed by atoms with Crippen molar-refractivity contribution in [3.8, 4) is 0 Å². The number of carboxylic acid groups (broad SMARTS) is 1. The van der Waals surface area contributed by atoms with Crippen molar-refractivity contribution in [1.82, 2.24) is 0 Å². The Morgan fingerprint density at radius 3 is 2.17 bits per heavy atom. The van der Waals surface area contributed by atoms with E-state index in [1.54, 1.807) is 0 Å². The number of aliphatic carboxylic acids is 1. The molecule has 2 nitrogen and oxygen atoms in total. The molecule has 12 heavy (non-hydrogen) atoms. The molecule has 0 unspecified atom stereocenters. The fourth-order valence-corrected chi connectivity index (χ4v) is 2.93. The van der Waals surface area contributed by atoms with Gasteiger partial charge in [0.1, 0.15) is 0 Å². The highest BCUT2D eigenvalue weighted by atomic mass is 16.4. The van der Waals surface area contributed by atoms with Crippen LogP contribution in [0.4, 0.5) is 0 Å². The van der Waals surface area contributed by atoms with Crippen molar-refractivity contribution in [3.05, 3.63) is 0 Å². The second-order valence-corrected chi connectivity index (χ2v) is 4.41. The molecule has 2 heteroatoms. The molecule has 2 aliphatic carbocycles. The van der Waals surface area contributed by atoms with Crippen molar-refractivity contribution < 1.29 is 9.90 Å². The fraction of sp³-hybridized carbons (Fsp3) is 0.900. The molecule has 0 heterocycles. The average molecular weight is 168 g/mol. The Kier molecular flexibility index (Phi) is 2.07. The summed E-state index contributed by atoms with van der Waals surface area (Å²) in [6, 6.07) is 0. The maximum Gasteiger partial charge on any atom is 0.306 e. The first-order valence-corrected chi connectivity index (χ1v) is 4.98. The van der Waals surface area contributed by atoms with Crippen LogP contribution in [0.1, 0.15) is 38.5 Å². The summed E-state index contributed by atoms with van der Waals surface area (Å²) >= 11 is 0. The summed E-state index contributed by atoms with van der Waals surface area (Å²) in [7, 11) is 0. The number of hydrogen-bond donors (Lipinski definition) is 1. The Labute approximate surface area is 73.0 Å². The minimum atomic E-state index is -0.563. The fourth-order valence-electron chi connectivity index (χ4n) is 2.93. The first-order valence-electron chi connectivity index (χ1n) is 4.98. The average Bonchev–Trinajstić information content (AvgIpc) is 2.03. The highest BCUT2D eigenvalue weighted by Gasteiger charge is 2.34. The van der Waals surface area contributed by atoms with E-state index in [0.717, 1.165) is 24.7 Å². The Balaban J connectivity index is 2.00. The molecule has 0 saturated heterocycles.